The molecule has 0 radical (unpaired) electrons. The molecule has 1 aromatic carbocycles. The number of rotatable bonds is 6. The molecule has 1 saturated heterocycles. The molecule has 1 heterocycles. The first kappa shape index (κ1) is 20.5. The van der Waals surface area contributed by atoms with Gasteiger partial charge < -0.3 is 10.6 Å². The minimum absolute atomic E-state index is 0. The Labute approximate surface area is 160 Å². The van der Waals surface area contributed by atoms with Gasteiger partial charge in [0.1, 0.15) is 5.82 Å². The zero-order chi connectivity index (χ0) is 15.8. The molecule has 0 aromatic heterocycles. The zero-order valence-electron chi connectivity index (χ0n) is 13.9. The summed E-state index contributed by atoms with van der Waals surface area (Å²) in [5, 5.41) is 6.75. The molecule has 3 nitrogen and oxygen atoms in total. The second kappa shape index (κ2) is 10.4. The Hall–Kier alpha value is -0.500. The van der Waals surface area contributed by atoms with Gasteiger partial charge in [0.2, 0.25) is 0 Å². The summed E-state index contributed by atoms with van der Waals surface area (Å²) in [6.45, 7) is 4.09. The normalized spacial score (nSPS) is 20.9. The lowest BCUT2D eigenvalue weighted by molar-refractivity contribution is 0.583. The van der Waals surface area contributed by atoms with E-state index in [0.29, 0.717) is 4.75 Å². The van der Waals surface area contributed by atoms with E-state index in [1.807, 2.05) is 17.8 Å². The second-order valence-electron chi connectivity index (χ2n) is 5.99. The van der Waals surface area contributed by atoms with Crippen LogP contribution in [0.1, 0.15) is 31.7 Å². The Balaban J connectivity index is 0.00000264. The molecule has 23 heavy (non-hydrogen) atoms. The van der Waals surface area contributed by atoms with E-state index in [9.17, 15) is 4.39 Å². The van der Waals surface area contributed by atoms with Gasteiger partial charge in [0.05, 0.1) is 0 Å². The number of benzene rings is 1. The fourth-order valence-electron chi connectivity index (χ4n) is 2.66. The van der Waals surface area contributed by atoms with Crippen molar-refractivity contribution >= 4 is 41.7 Å². The van der Waals surface area contributed by atoms with Crippen LogP contribution < -0.4 is 10.6 Å². The van der Waals surface area contributed by atoms with Crippen molar-refractivity contribution < 1.29 is 4.39 Å². The Bertz CT molecular complexity index is 504. The van der Waals surface area contributed by atoms with Gasteiger partial charge in [-0.25, -0.2) is 4.39 Å². The average Bonchev–Trinajstić information content (AvgIpc) is 2.94. The minimum atomic E-state index is -0.162. The van der Waals surface area contributed by atoms with Gasteiger partial charge in [-0.05, 0) is 56.1 Å². The molecule has 2 N–H and O–H groups in total. The molecule has 1 aliphatic heterocycles. The maximum absolute atomic E-state index is 13.1. The fourth-order valence-corrected chi connectivity index (χ4v) is 3.90. The van der Waals surface area contributed by atoms with Gasteiger partial charge in [0, 0.05) is 24.9 Å². The quantitative estimate of drug-likeness (QED) is 0.299. The van der Waals surface area contributed by atoms with Crippen molar-refractivity contribution in [2.75, 3.05) is 25.9 Å². The SMILES string of the molecule is CN=C(NCCCc1cccc(F)c1)NCC1(C)CCCS1.I. The molecule has 0 bridgehead atoms. The van der Waals surface area contributed by atoms with Gasteiger partial charge >= 0.3 is 0 Å². The highest BCUT2D eigenvalue weighted by Crippen LogP contribution is 2.36. The summed E-state index contributed by atoms with van der Waals surface area (Å²) in [6.07, 6.45) is 4.40. The zero-order valence-corrected chi connectivity index (χ0v) is 17.0. The van der Waals surface area contributed by atoms with Gasteiger partial charge in [-0.1, -0.05) is 12.1 Å². The summed E-state index contributed by atoms with van der Waals surface area (Å²) in [7, 11) is 1.80. The molecule has 6 heteroatoms. The molecule has 0 spiro atoms. The number of thioether (sulfide) groups is 1. The van der Waals surface area contributed by atoms with Crippen LogP contribution in [0.5, 0.6) is 0 Å². The third-order valence-corrected chi connectivity index (χ3v) is 5.52. The number of guanidine groups is 1. The molecule has 1 unspecified atom stereocenters. The third kappa shape index (κ3) is 7.28. The van der Waals surface area contributed by atoms with E-state index in [-0.39, 0.29) is 29.8 Å². The summed E-state index contributed by atoms with van der Waals surface area (Å²) >= 11 is 2.04. The predicted octanol–water partition coefficient (Wildman–Crippen LogP) is 3.83. The van der Waals surface area contributed by atoms with E-state index in [2.05, 4.69) is 22.5 Å². The molecular weight excluding hydrogens is 424 g/mol. The first-order chi connectivity index (χ1) is 10.6. The van der Waals surface area contributed by atoms with Gasteiger partial charge in [0.25, 0.3) is 0 Å². The maximum Gasteiger partial charge on any atom is 0.191 e. The van der Waals surface area contributed by atoms with E-state index < -0.39 is 0 Å². The number of hydrogen-bond acceptors (Lipinski definition) is 2. The fraction of sp³-hybridized carbons (Fsp3) is 0.588. The smallest absolute Gasteiger partial charge is 0.191 e. The number of halogens is 2. The lowest BCUT2D eigenvalue weighted by atomic mass is 10.1. The van der Waals surface area contributed by atoms with Gasteiger partial charge in [-0.2, -0.15) is 11.8 Å². The van der Waals surface area contributed by atoms with E-state index >= 15 is 0 Å². The minimum Gasteiger partial charge on any atom is -0.356 e. The highest BCUT2D eigenvalue weighted by molar-refractivity contribution is 14.0. The summed E-state index contributed by atoms with van der Waals surface area (Å²) in [5.74, 6) is 1.95. The molecule has 1 aromatic rings. The van der Waals surface area contributed by atoms with E-state index in [1.54, 1.807) is 19.2 Å². The van der Waals surface area contributed by atoms with Crippen LogP contribution in [0.3, 0.4) is 0 Å². The number of nitrogens with zero attached hydrogens (tertiary/aromatic N) is 1. The molecule has 1 fully saturated rings. The largest absolute Gasteiger partial charge is 0.356 e. The standard InChI is InChI=1S/C17H26FN3S.HI/c1-17(9-5-11-22-17)13-21-16(19-2)20-10-4-7-14-6-3-8-15(18)12-14;/h3,6,8,12H,4-5,7,9-11,13H2,1-2H3,(H2,19,20,21);1H. The third-order valence-electron chi connectivity index (χ3n) is 3.98. The van der Waals surface area contributed by atoms with Crippen molar-refractivity contribution in [1.82, 2.24) is 10.6 Å². The molecule has 1 aliphatic rings. The van der Waals surface area contributed by atoms with Crippen LogP contribution in [0.25, 0.3) is 0 Å². The van der Waals surface area contributed by atoms with Crippen LogP contribution in [0.2, 0.25) is 0 Å². The van der Waals surface area contributed by atoms with Crippen LogP contribution in [0.4, 0.5) is 4.39 Å². The first-order valence-electron chi connectivity index (χ1n) is 7.94. The lowest BCUT2D eigenvalue weighted by Gasteiger charge is -2.24. The van der Waals surface area contributed by atoms with Crippen LogP contribution in [-0.4, -0.2) is 36.6 Å². The highest BCUT2D eigenvalue weighted by Gasteiger charge is 2.29. The van der Waals surface area contributed by atoms with Crippen molar-refractivity contribution in [1.29, 1.82) is 0 Å². The summed E-state index contributed by atoms with van der Waals surface area (Å²) in [5.41, 5.74) is 1.04. The predicted molar refractivity (Wildman–Crippen MR) is 110 cm³/mol. The van der Waals surface area contributed by atoms with Crippen molar-refractivity contribution in [2.24, 2.45) is 4.99 Å². The van der Waals surface area contributed by atoms with E-state index in [0.717, 1.165) is 37.5 Å². The molecule has 2 rings (SSSR count). The summed E-state index contributed by atoms with van der Waals surface area (Å²) in [6, 6.07) is 6.81. The summed E-state index contributed by atoms with van der Waals surface area (Å²) < 4.78 is 13.4. The molecule has 0 amide bonds. The number of nitrogens with one attached hydrogen (secondary N) is 2. The molecular formula is C17H27FIN3S. The monoisotopic (exact) mass is 451 g/mol. The van der Waals surface area contributed by atoms with E-state index in [1.165, 1.54) is 24.7 Å². The van der Waals surface area contributed by atoms with E-state index in [4.69, 9.17) is 0 Å². The van der Waals surface area contributed by atoms with Gasteiger partial charge in [-0.15, -0.1) is 24.0 Å². The Morgan fingerprint density at radius 2 is 2.22 bits per heavy atom. The molecule has 130 valence electrons. The van der Waals surface area contributed by atoms with Crippen molar-refractivity contribution in [3.05, 3.63) is 35.6 Å². The van der Waals surface area contributed by atoms with Crippen LogP contribution in [0.15, 0.2) is 29.3 Å². The van der Waals surface area contributed by atoms with Gasteiger partial charge in [0.15, 0.2) is 5.96 Å². The van der Waals surface area contributed by atoms with Crippen LogP contribution in [-0.2, 0) is 6.42 Å². The van der Waals surface area contributed by atoms with Crippen molar-refractivity contribution in [3.8, 4) is 0 Å². The lowest BCUT2D eigenvalue weighted by Crippen LogP contribution is -2.43. The Morgan fingerprint density at radius 3 is 2.87 bits per heavy atom. The molecule has 0 aliphatic carbocycles. The van der Waals surface area contributed by atoms with Gasteiger partial charge in [-0.3, -0.25) is 4.99 Å². The highest BCUT2D eigenvalue weighted by atomic mass is 127. The number of hydrogen-bond donors (Lipinski definition) is 2. The Morgan fingerprint density at radius 1 is 1.39 bits per heavy atom. The van der Waals surface area contributed by atoms with Crippen LogP contribution in [0, 0.1) is 5.82 Å². The molecule has 0 saturated carbocycles. The number of aryl methyl sites for hydroxylation is 1. The maximum atomic E-state index is 13.1. The second-order valence-corrected chi connectivity index (χ2v) is 7.67. The average molecular weight is 451 g/mol. The topological polar surface area (TPSA) is 36.4 Å². The van der Waals surface area contributed by atoms with Crippen LogP contribution >= 0.6 is 35.7 Å². The number of aliphatic imine (C=N–C) groups is 1. The van der Waals surface area contributed by atoms with Crippen molar-refractivity contribution in [2.45, 2.75) is 37.4 Å². The molecule has 1 atom stereocenters. The van der Waals surface area contributed by atoms with Crippen molar-refractivity contribution in [3.63, 3.8) is 0 Å². The first-order valence-corrected chi connectivity index (χ1v) is 8.93. The summed E-state index contributed by atoms with van der Waals surface area (Å²) in [4.78, 5) is 4.26. The Kier molecular flexibility index (Phi) is 9.27.